The van der Waals surface area contributed by atoms with Crippen LogP contribution in [0.1, 0.15) is 0 Å². The predicted molar refractivity (Wildman–Crippen MR) is 47.3 cm³/mol. The molecule has 2 rings (SSSR count). The highest BCUT2D eigenvalue weighted by molar-refractivity contribution is 5.93. The maximum absolute atomic E-state index is 10.4. The fourth-order valence-corrected chi connectivity index (χ4v) is 1.19. The molecule has 0 bridgehead atoms. The lowest BCUT2D eigenvalue weighted by molar-refractivity contribution is -0.400. The molecule has 0 spiro atoms. The van der Waals surface area contributed by atoms with Gasteiger partial charge in [-0.1, -0.05) is 12.1 Å². The quantitative estimate of drug-likeness (QED) is 0.534. The Morgan fingerprint density at radius 1 is 1.38 bits per heavy atom. The van der Waals surface area contributed by atoms with Crippen LogP contribution < -0.4 is 5.73 Å². The Kier molecular flexibility index (Phi) is 1.45. The molecule has 0 saturated heterocycles. The van der Waals surface area contributed by atoms with Crippen molar-refractivity contribution < 1.29 is 9.34 Å². The van der Waals surface area contributed by atoms with Crippen molar-refractivity contribution in [3.63, 3.8) is 0 Å². The minimum atomic E-state index is -0.630. The van der Waals surface area contributed by atoms with E-state index in [9.17, 15) is 10.1 Å². The van der Waals surface area contributed by atoms with Gasteiger partial charge in [0.05, 0.1) is 5.39 Å². The third kappa shape index (κ3) is 1.01. The maximum atomic E-state index is 10.4. The van der Waals surface area contributed by atoms with Crippen molar-refractivity contribution in [2.24, 2.45) is 0 Å². The Hall–Kier alpha value is -2.04. The van der Waals surface area contributed by atoms with Crippen LogP contribution in [0.15, 0.2) is 28.7 Å². The molecular formula is C8H6N2O3. The summed E-state index contributed by atoms with van der Waals surface area (Å²) in [5.74, 6) is -0.388. The lowest BCUT2D eigenvalue weighted by Crippen LogP contribution is -1.90. The first kappa shape index (κ1) is 7.60. The van der Waals surface area contributed by atoms with Crippen LogP contribution in [0, 0.1) is 10.1 Å². The second-order valence-corrected chi connectivity index (χ2v) is 2.57. The summed E-state index contributed by atoms with van der Waals surface area (Å²) < 4.78 is 4.94. The average molecular weight is 178 g/mol. The molecule has 13 heavy (non-hydrogen) atoms. The molecule has 2 N–H and O–H groups in total. The first-order valence-electron chi connectivity index (χ1n) is 3.61. The largest absolute Gasteiger partial charge is 0.457 e. The molecule has 0 aliphatic carbocycles. The number of fused-ring (bicyclic) bond motifs is 1. The van der Waals surface area contributed by atoms with Crippen LogP contribution in [0.5, 0.6) is 0 Å². The Morgan fingerprint density at radius 3 is 2.69 bits per heavy atom. The third-order valence-corrected chi connectivity index (χ3v) is 1.78. The number of benzene rings is 1. The Labute approximate surface area is 72.9 Å². The SMILES string of the molecule is Nc1c([N+](=O)[O-])oc2ccccc12. The van der Waals surface area contributed by atoms with Gasteiger partial charge in [0, 0.05) is 0 Å². The number of para-hydroxylation sites is 1. The van der Waals surface area contributed by atoms with Crippen molar-refractivity contribution in [3.8, 4) is 0 Å². The number of hydrogen-bond donors (Lipinski definition) is 1. The van der Waals surface area contributed by atoms with Gasteiger partial charge in [-0.25, -0.2) is 0 Å². The number of nitrogens with zero attached hydrogens (tertiary/aromatic N) is 1. The number of nitro groups is 1. The van der Waals surface area contributed by atoms with Crippen molar-refractivity contribution in [2.75, 3.05) is 5.73 Å². The Bertz CT molecular complexity index is 475. The van der Waals surface area contributed by atoms with Crippen LogP contribution in [-0.4, -0.2) is 4.92 Å². The van der Waals surface area contributed by atoms with E-state index in [2.05, 4.69) is 0 Å². The molecule has 0 aliphatic rings. The fourth-order valence-electron chi connectivity index (χ4n) is 1.19. The summed E-state index contributed by atoms with van der Waals surface area (Å²) in [6.45, 7) is 0. The van der Waals surface area contributed by atoms with E-state index in [1.807, 2.05) is 0 Å². The van der Waals surface area contributed by atoms with E-state index in [4.69, 9.17) is 10.2 Å². The summed E-state index contributed by atoms with van der Waals surface area (Å²) in [6.07, 6.45) is 0. The molecule has 1 aromatic carbocycles. The summed E-state index contributed by atoms with van der Waals surface area (Å²) in [4.78, 5) is 9.79. The molecule has 0 aliphatic heterocycles. The van der Waals surface area contributed by atoms with Crippen LogP contribution in [0.4, 0.5) is 11.6 Å². The summed E-state index contributed by atoms with van der Waals surface area (Å²) >= 11 is 0. The molecule has 0 atom stereocenters. The second kappa shape index (κ2) is 2.48. The van der Waals surface area contributed by atoms with Gasteiger partial charge in [-0.3, -0.25) is 10.1 Å². The molecule has 1 aromatic heterocycles. The normalized spacial score (nSPS) is 10.5. The van der Waals surface area contributed by atoms with E-state index in [-0.39, 0.29) is 11.6 Å². The van der Waals surface area contributed by atoms with Crippen LogP contribution >= 0.6 is 0 Å². The topological polar surface area (TPSA) is 82.3 Å². The number of nitrogens with two attached hydrogens (primary N) is 1. The average Bonchev–Trinajstić information content (AvgIpc) is 2.45. The van der Waals surface area contributed by atoms with Crippen molar-refractivity contribution >= 4 is 22.5 Å². The zero-order valence-electron chi connectivity index (χ0n) is 6.56. The van der Waals surface area contributed by atoms with Crippen LogP contribution in [0.3, 0.4) is 0 Å². The molecule has 0 radical (unpaired) electrons. The summed E-state index contributed by atoms with van der Waals surface area (Å²) in [5, 5.41) is 11.0. The van der Waals surface area contributed by atoms with Gasteiger partial charge in [-0.15, -0.1) is 0 Å². The summed E-state index contributed by atoms with van der Waals surface area (Å²) in [7, 11) is 0. The predicted octanol–water partition coefficient (Wildman–Crippen LogP) is 1.92. The standard InChI is InChI=1S/C8H6N2O3/c9-7-5-3-1-2-4-6(5)13-8(7)10(11)12/h1-4H,9H2. The zero-order chi connectivity index (χ0) is 9.42. The lowest BCUT2D eigenvalue weighted by Gasteiger charge is -1.84. The third-order valence-electron chi connectivity index (χ3n) is 1.78. The van der Waals surface area contributed by atoms with Crippen molar-refractivity contribution in [1.82, 2.24) is 0 Å². The van der Waals surface area contributed by atoms with Crippen molar-refractivity contribution in [1.29, 1.82) is 0 Å². The van der Waals surface area contributed by atoms with E-state index < -0.39 is 4.92 Å². The van der Waals surface area contributed by atoms with Crippen molar-refractivity contribution in [3.05, 3.63) is 34.4 Å². The molecule has 2 aromatic rings. The Morgan fingerprint density at radius 2 is 2.08 bits per heavy atom. The van der Waals surface area contributed by atoms with Crippen LogP contribution in [-0.2, 0) is 0 Å². The molecule has 5 nitrogen and oxygen atoms in total. The highest BCUT2D eigenvalue weighted by Gasteiger charge is 2.20. The molecular weight excluding hydrogens is 172 g/mol. The molecule has 0 amide bonds. The number of rotatable bonds is 1. The van der Waals surface area contributed by atoms with Gasteiger partial charge in [0.2, 0.25) is 0 Å². The van der Waals surface area contributed by atoms with Gasteiger partial charge in [-0.05, 0) is 12.1 Å². The maximum Gasteiger partial charge on any atom is 0.457 e. The number of nitrogen functional groups attached to an aromatic ring is 1. The monoisotopic (exact) mass is 178 g/mol. The summed E-state index contributed by atoms with van der Waals surface area (Å²) in [6, 6.07) is 6.80. The van der Waals surface area contributed by atoms with Crippen LogP contribution in [0.25, 0.3) is 11.0 Å². The smallest absolute Gasteiger partial charge is 0.399 e. The lowest BCUT2D eigenvalue weighted by atomic mass is 10.2. The highest BCUT2D eigenvalue weighted by Crippen LogP contribution is 2.33. The van der Waals surface area contributed by atoms with Gasteiger partial charge >= 0.3 is 5.88 Å². The molecule has 1 heterocycles. The van der Waals surface area contributed by atoms with Gasteiger partial charge in [0.15, 0.2) is 5.69 Å². The first-order valence-corrected chi connectivity index (χ1v) is 3.61. The number of furan rings is 1. The fraction of sp³-hybridized carbons (Fsp3) is 0. The number of hydrogen-bond acceptors (Lipinski definition) is 4. The van der Waals surface area contributed by atoms with Gasteiger partial charge in [0.1, 0.15) is 10.5 Å². The number of anilines is 1. The second-order valence-electron chi connectivity index (χ2n) is 2.57. The van der Waals surface area contributed by atoms with E-state index >= 15 is 0 Å². The van der Waals surface area contributed by atoms with E-state index in [0.29, 0.717) is 11.0 Å². The van der Waals surface area contributed by atoms with Crippen LogP contribution in [0.2, 0.25) is 0 Å². The molecule has 0 unspecified atom stereocenters. The van der Waals surface area contributed by atoms with Gasteiger partial charge in [-0.2, -0.15) is 0 Å². The molecule has 0 saturated carbocycles. The first-order chi connectivity index (χ1) is 6.20. The summed E-state index contributed by atoms with van der Waals surface area (Å²) in [5.41, 5.74) is 6.03. The van der Waals surface area contributed by atoms with Gasteiger partial charge in [0.25, 0.3) is 0 Å². The minimum Gasteiger partial charge on any atom is -0.399 e. The zero-order valence-corrected chi connectivity index (χ0v) is 6.56. The van der Waals surface area contributed by atoms with Gasteiger partial charge < -0.3 is 10.2 Å². The highest BCUT2D eigenvalue weighted by atomic mass is 16.6. The Balaban J connectivity index is 2.81. The van der Waals surface area contributed by atoms with E-state index in [1.165, 1.54) is 0 Å². The van der Waals surface area contributed by atoms with E-state index in [1.54, 1.807) is 24.3 Å². The van der Waals surface area contributed by atoms with Crippen molar-refractivity contribution in [2.45, 2.75) is 0 Å². The van der Waals surface area contributed by atoms with E-state index in [0.717, 1.165) is 0 Å². The molecule has 5 heteroatoms. The minimum absolute atomic E-state index is 0.0839. The molecule has 0 fully saturated rings. The molecule has 66 valence electrons.